The molecule has 1 amide bonds. The third-order valence-corrected chi connectivity index (χ3v) is 5.33. The second-order valence-electron chi connectivity index (χ2n) is 7.02. The number of benzene rings is 2. The zero-order valence-electron chi connectivity index (χ0n) is 16.6. The SMILES string of the molecule is CCCCN(Cc1nc2ccc(Cl)cc2n1CCC)C(=O)c1ccc(F)c(Cl)c1. The highest BCUT2D eigenvalue weighted by molar-refractivity contribution is 6.31. The molecule has 0 spiro atoms. The first-order chi connectivity index (χ1) is 13.9. The van der Waals surface area contributed by atoms with Gasteiger partial charge in [-0.15, -0.1) is 0 Å². The molecule has 2 aromatic carbocycles. The zero-order chi connectivity index (χ0) is 21.0. The number of amides is 1. The van der Waals surface area contributed by atoms with Crippen molar-refractivity contribution in [3.8, 4) is 0 Å². The number of rotatable bonds is 8. The van der Waals surface area contributed by atoms with E-state index >= 15 is 0 Å². The molecule has 3 aromatic rings. The number of nitrogens with zero attached hydrogens (tertiary/aromatic N) is 3. The van der Waals surface area contributed by atoms with E-state index in [0.717, 1.165) is 42.7 Å². The fraction of sp³-hybridized carbons (Fsp3) is 0.364. The van der Waals surface area contributed by atoms with Crippen LogP contribution in [0.15, 0.2) is 36.4 Å². The van der Waals surface area contributed by atoms with E-state index in [1.54, 1.807) is 4.90 Å². The van der Waals surface area contributed by atoms with Crippen LogP contribution in [0.25, 0.3) is 11.0 Å². The van der Waals surface area contributed by atoms with Gasteiger partial charge in [-0.25, -0.2) is 9.37 Å². The lowest BCUT2D eigenvalue weighted by atomic mass is 10.2. The summed E-state index contributed by atoms with van der Waals surface area (Å²) in [6.45, 7) is 5.90. The molecular weight excluding hydrogens is 412 g/mol. The van der Waals surface area contributed by atoms with Crippen LogP contribution >= 0.6 is 23.2 Å². The van der Waals surface area contributed by atoms with Crippen LogP contribution in [0.2, 0.25) is 10.0 Å². The predicted octanol–water partition coefficient (Wildman–Crippen LogP) is 6.33. The molecule has 3 rings (SSSR count). The second kappa shape index (κ2) is 9.59. The third kappa shape index (κ3) is 4.90. The van der Waals surface area contributed by atoms with Gasteiger partial charge in [-0.05, 0) is 49.2 Å². The van der Waals surface area contributed by atoms with Crippen molar-refractivity contribution in [3.63, 3.8) is 0 Å². The third-order valence-electron chi connectivity index (χ3n) is 4.80. The predicted molar refractivity (Wildman–Crippen MR) is 116 cm³/mol. The molecule has 0 saturated carbocycles. The number of aromatic nitrogens is 2. The number of imidazole rings is 1. The van der Waals surface area contributed by atoms with Crippen LogP contribution in [0.1, 0.15) is 49.3 Å². The van der Waals surface area contributed by atoms with Gasteiger partial charge in [-0.3, -0.25) is 4.79 Å². The molecule has 0 aliphatic rings. The number of hydrogen-bond donors (Lipinski definition) is 0. The molecule has 1 heterocycles. The van der Waals surface area contributed by atoms with Crippen molar-refractivity contribution < 1.29 is 9.18 Å². The van der Waals surface area contributed by atoms with Crippen molar-refractivity contribution in [2.75, 3.05) is 6.54 Å². The van der Waals surface area contributed by atoms with Gasteiger partial charge < -0.3 is 9.47 Å². The van der Waals surface area contributed by atoms with Crippen LogP contribution in [0.4, 0.5) is 4.39 Å². The minimum absolute atomic E-state index is 0.0563. The maximum absolute atomic E-state index is 13.5. The monoisotopic (exact) mass is 435 g/mol. The minimum Gasteiger partial charge on any atom is -0.331 e. The molecule has 7 heteroatoms. The lowest BCUT2D eigenvalue weighted by molar-refractivity contribution is 0.0734. The average Bonchev–Trinajstić information content (AvgIpc) is 3.03. The van der Waals surface area contributed by atoms with Crippen LogP contribution in [0.3, 0.4) is 0 Å². The number of fused-ring (bicyclic) bond motifs is 1. The Hall–Kier alpha value is -2.11. The van der Waals surface area contributed by atoms with E-state index in [-0.39, 0.29) is 10.9 Å². The van der Waals surface area contributed by atoms with Crippen LogP contribution in [-0.2, 0) is 13.1 Å². The Kier molecular flexibility index (Phi) is 7.14. The largest absolute Gasteiger partial charge is 0.331 e. The Morgan fingerprint density at radius 2 is 1.93 bits per heavy atom. The molecule has 0 fully saturated rings. The van der Waals surface area contributed by atoms with E-state index in [4.69, 9.17) is 28.2 Å². The van der Waals surface area contributed by atoms with Crippen LogP contribution < -0.4 is 0 Å². The van der Waals surface area contributed by atoms with Crippen molar-refractivity contribution >= 4 is 40.1 Å². The van der Waals surface area contributed by atoms with Crippen molar-refractivity contribution in [1.82, 2.24) is 14.5 Å². The molecule has 0 saturated heterocycles. The highest BCUT2D eigenvalue weighted by Gasteiger charge is 2.20. The van der Waals surface area contributed by atoms with E-state index in [1.807, 2.05) is 18.2 Å². The van der Waals surface area contributed by atoms with Crippen molar-refractivity contribution in [1.29, 1.82) is 0 Å². The Morgan fingerprint density at radius 3 is 2.62 bits per heavy atom. The summed E-state index contributed by atoms with van der Waals surface area (Å²) in [6, 6.07) is 9.69. The van der Waals surface area contributed by atoms with Crippen molar-refractivity contribution in [2.24, 2.45) is 0 Å². The molecule has 0 radical (unpaired) electrons. The normalized spacial score (nSPS) is 11.2. The summed E-state index contributed by atoms with van der Waals surface area (Å²) in [7, 11) is 0. The first kappa shape index (κ1) is 21.6. The van der Waals surface area contributed by atoms with Crippen molar-refractivity contribution in [3.05, 3.63) is 63.6 Å². The Balaban J connectivity index is 1.96. The summed E-state index contributed by atoms with van der Waals surface area (Å²) in [4.78, 5) is 19.6. The topological polar surface area (TPSA) is 38.1 Å². The standard InChI is InChI=1S/C22H24Cl2FN3O/c1-3-5-11-27(22(29)15-6-8-18(25)17(24)12-15)14-21-26-19-9-7-16(23)13-20(19)28(21)10-4-2/h6-9,12-13H,3-5,10-11,14H2,1-2H3. The summed E-state index contributed by atoms with van der Waals surface area (Å²) >= 11 is 12.1. The van der Waals surface area contributed by atoms with Gasteiger partial charge in [-0.2, -0.15) is 0 Å². The smallest absolute Gasteiger partial charge is 0.254 e. The molecule has 0 bridgehead atoms. The van der Waals surface area contributed by atoms with Gasteiger partial charge in [0.15, 0.2) is 0 Å². The van der Waals surface area contributed by atoms with Crippen LogP contribution in [-0.4, -0.2) is 26.9 Å². The van der Waals surface area contributed by atoms with Gasteiger partial charge in [0.2, 0.25) is 0 Å². The van der Waals surface area contributed by atoms with Gasteiger partial charge in [0.05, 0.1) is 22.6 Å². The first-order valence-electron chi connectivity index (χ1n) is 9.83. The lowest BCUT2D eigenvalue weighted by Gasteiger charge is -2.23. The van der Waals surface area contributed by atoms with Gasteiger partial charge in [-0.1, -0.05) is 43.5 Å². The van der Waals surface area contributed by atoms with E-state index in [2.05, 4.69) is 18.4 Å². The van der Waals surface area contributed by atoms with Crippen LogP contribution in [0.5, 0.6) is 0 Å². The van der Waals surface area contributed by atoms with Gasteiger partial charge in [0.1, 0.15) is 11.6 Å². The fourth-order valence-corrected chi connectivity index (χ4v) is 3.67. The summed E-state index contributed by atoms with van der Waals surface area (Å²) in [5.74, 6) is 0.0835. The number of unbranched alkanes of at least 4 members (excludes halogenated alkanes) is 1. The summed E-state index contributed by atoms with van der Waals surface area (Å²) in [5, 5.41) is 0.598. The molecule has 154 valence electrons. The highest BCUT2D eigenvalue weighted by atomic mass is 35.5. The second-order valence-corrected chi connectivity index (χ2v) is 7.87. The molecule has 4 nitrogen and oxygen atoms in total. The minimum atomic E-state index is -0.537. The van der Waals surface area contributed by atoms with E-state index in [1.165, 1.54) is 18.2 Å². The summed E-state index contributed by atoms with van der Waals surface area (Å²) < 4.78 is 15.6. The Labute approximate surface area is 180 Å². The lowest BCUT2D eigenvalue weighted by Crippen LogP contribution is -2.32. The van der Waals surface area contributed by atoms with Gasteiger partial charge in [0, 0.05) is 23.7 Å². The fourth-order valence-electron chi connectivity index (χ4n) is 3.32. The molecular formula is C22H24Cl2FN3O. The summed E-state index contributed by atoms with van der Waals surface area (Å²) in [6.07, 6.45) is 2.75. The molecule has 0 aliphatic heterocycles. The molecule has 0 N–H and O–H groups in total. The molecule has 1 aromatic heterocycles. The number of hydrogen-bond acceptors (Lipinski definition) is 2. The maximum Gasteiger partial charge on any atom is 0.254 e. The van der Waals surface area contributed by atoms with E-state index in [0.29, 0.717) is 23.7 Å². The average molecular weight is 436 g/mol. The number of carbonyl (C=O) groups is 1. The van der Waals surface area contributed by atoms with Gasteiger partial charge >= 0.3 is 0 Å². The number of carbonyl (C=O) groups excluding carboxylic acids is 1. The van der Waals surface area contributed by atoms with Crippen molar-refractivity contribution in [2.45, 2.75) is 46.2 Å². The number of halogens is 3. The Bertz CT molecular complexity index is 1020. The zero-order valence-corrected chi connectivity index (χ0v) is 18.1. The molecule has 0 aliphatic carbocycles. The first-order valence-corrected chi connectivity index (χ1v) is 10.6. The Morgan fingerprint density at radius 1 is 1.14 bits per heavy atom. The van der Waals surface area contributed by atoms with Gasteiger partial charge in [0.25, 0.3) is 5.91 Å². The number of aryl methyl sites for hydroxylation is 1. The maximum atomic E-state index is 13.5. The molecule has 0 atom stereocenters. The van der Waals surface area contributed by atoms with E-state index < -0.39 is 5.82 Å². The quantitative estimate of drug-likeness (QED) is 0.414. The summed E-state index contributed by atoms with van der Waals surface area (Å²) in [5.41, 5.74) is 2.18. The highest BCUT2D eigenvalue weighted by Crippen LogP contribution is 2.23. The molecule has 0 unspecified atom stereocenters. The van der Waals surface area contributed by atoms with Crippen LogP contribution in [0, 0.1) is 5.82 Å². The molecule has 29 heavy (non-hydrogen) atoms. The van der Waals surface area contributed by atoms with E-state index in [9.17, 15) is 9.18 Å².